The molecule has 3 N–H and O–H groups in total. The minimum Gasteiger partial charge on any atom is -0.345 e. The number of halogens is 1. The Morgan fingerprint density at radius 2 is 1.96 bits per heavy atom. The molecule has 0 spiro atoms. The summed E-state index contributed by atoms with van der Waals surface area (Å²) >= 11 is 0. The fourth-order valence-electron chi connectivity index (χ4n) is 4.20. The number of amides is 2. The predicted molar refractivity (Wildman–Crippen MR) is 101 cm³/mol. The van der Waals surface area contributed by atoms with Gasteiger partial charge in [-0.25, -0.2) is 0 Å². The standard InChI is InChI=1S/C19H27N3O2.ClH/c1-2-16-9-6-10-22(16)18(24)17(23)21-15-11-19(12-15,13-20)14-7-4-3-5-8-14;/h3-5,7-8,15-16H,2,6,9-13,20H2,1H3,(H,21,23);1H/t15?,16-,19?;/m0./s1. The molecule has 5 nitrogen and oxygen atoms in total. The van der Waals surface area contributed by atoms with Gasteiger partial charge in [-0.3, -0.25) is 9.59 Å². The van der Waals surface area contributed by atoms with E-state index in [4.69, 9.17) is 5.73 Å². The molecule has 1 saturated heterocycles. The number of hydrogen-bond acceptors (Lipinski definition) is 3. The molecule has 6 heteroatoms. The fourth-order valence-corrected chi connectivity index (χ4v) is 4.20. The van der Waals surface area contributed by atoms with Gasteiger partial charge in [0.05, 0.1) is 0 Å². The summed E-state index contributed by atoms with van der Waals surface area (Å²) < 4.78 is 0. The minimum atomic E-state index is -0.459. The van der Waals surface area contributed by atoms with Gasteiger partial charge < -0.3 is 16.0 Å². The number of likely N-dealkylation sites (tertiary alicyclic amines) is 1. The summed E-state index contributed by atoms with van der Waals surface area (Å²) in [7, 11) is 0. The molecule has 0 radical (unpaired) electrons. The Morgan fingerprint density at radius 3 is 2.56 bits per heavy atom. The molecule has 1 aromatic rings. The zero-order chi connectivity index (χ0) is 17.2. The number of carbonyl (C=O) groups is 2. The second kappa shape index (κ2) is 8.19. The van der Waals surface area contributed by atoms with Gasteiger partial charge in [-0.05, 0) is 37.7 Å². The molecule has 25 heavy (non-hydrogen) atoms. The van der Waals surface area contributed by atoms with Crippen molar-refractivity contribution >= 4 is 24.2 Å². The summed E-state index contributed by atoms with van der Waals surface area (Å²) in [6.45, 7) is 3.32. The topological polar surface area (TPSA) is 75.4 Å². The largest absolute Gasteiger partial charge is 0.345 e. The number of nitrogens with one attached hydrogen (secondary N) is 1. The SMILES string of the molecule is CC[C@H]1CCCN1C(=O)C(=O)NC1CC(CN)(c2ccccc2)C1.Cl. The Labute approximate surface area is 155 Å². The predicted octanol–water partition coefficient (Wildman–Crippen LogP) is 1.98. The molecule has 1 saturated carbocycles. The maximum atomic E-state index is 12.4. The first-order chi connectivity index (χ1) is 11.6. The van der Waals surface area contributed by atoms with Crippen LogP contribution in [0, 0.1) is 0 Å². The monoisotopic (exact) mass is 365 g/mol. The molecule has 138 valence electrons. The number of carbonyl (C=O) groups excluding carboxylic acids is 2. The van der Waals surface area contributed by atoms with Gasteiger partial charge in [0.15, 0.2) is 0 Å². The molecule has 1 aliphatic heterocycles. The van der Waals surface area contributed by atoms with E-state index in [9.17, 15) is 9.59 Å². The van der Waals surface area contributed by atoms with E-state index in [2.05, 4.69) is 24.4 Å². The van der Waals surface area contributed by atoms with E-state index in [1.165, 1.54) is 5.56 Å². The summed E-state index contributed by atoms with van der Waals surface area (Å²) in [5.41, 5.74) is 7.15. The summed E-state index contributed by atoms with van der Waals surface area (Å²) in [5.74, 6) is -0.830. The van der Waals surface area contributed by atoms with Gasteiger partial charge in [0.1, 0.15) is 0 Å². The highest BCUT2D eigenvalue weighted by molar-refractivity contribution is 6.35. The lowest BCUT2D eigenvalue weighted by atomic mass is 9.61. The zero-order valence-corrected chi connectivity index (χ0v) is 15.6. The lowest BCUT2D eigenvalue weighted by Crippen LogP contribution is -2.58. The molecule has 3 rings (SSSR count). The van der Waals surface area contributed by atoms with Crippen molar-refractivity contribution in [3.05, 3.63) is 35.9 Å². The molecule has 1 atom stereocenters. The highest BCUT2D eigenvalue weighted by Crippen LogP contribution is 2.43. The van der Waals surface area contributed by atoms with Gasteiger partial charge >= 0.3 is 11.8 Å². The van der Waals surface area contributed by atoms with Gasteiger partial charge in [-0.1, -0.05) is 37.3 Å². The summed E-state index contributed by atoms with van der Waals surface area (Å²) in [4.78, 5) is 26.4. The average Bonchev–Trinajstić information content (AvgIpc) is 3.06. The van der Waals surface area contributed by atoms with Crippen LogP contribution in [0.25, 0.3) is 0 Å². The first-order valence-corrected chi connectivity index (χ1v) is 8.96. The average molecular weight is 366 g/mol. The smallest absolute Gasteiger partial charge is 0.312 e. The van der Waals surface area contributed by atoms with Crippen molar-refractivity contribution in [3.63, 3.8) is 0 Å². The summed E-state index contributed by atoms with van der Waals surface area (Å²) in [6, 6.07) is 10.5. The first kappa shape index (κ1) is 19.7. The van der Waals surface area contributed by atoms with Crippen LogP contribution in [0.1, 0.15) is 44.6 Å². The molecule has 1 heterocycles. The van der Waals surface area contributed by atoms with Crippen LogP contribution in [0.3, 0.4) is 0 Å². The molecular formula is C19H28ClN3O2. The third-order valence-electron chi connectivity index (χ3n) is 5.69. The Hall–Kier alpha value is -1.59. The number of nitrogens with two attached hydrogens (primary N) is 1. The molecule has 0 aromatic heterocycles. The minimum absolute atomic E-state index is 0. The van der Waals surface area contributed by atoms with Crippen LogP contribution in [-0.4, -0.2) is 41.9 Å². The van der Waals surface area contributed by atoms with Crippen LogP contribution < -0.4 is 11.1 Å². The number of benzene rings is 1. The Bertz CT molecular complexity index is 602. The quantitative estimate of drug-likeness (QED) is 0.801. The van der Waals surface area contributed by atoms with Gasteiger partial charge in [0, 0.05) is 30.6 Å². The second-order valence-corrected chi connectivity index (χ2v) is 7.13. The lowest BCUT2D eigenvalue weighted by Gasteiger charge is -2.47. The highest BCUT2D eigenvalue weighted by atomic mass is 35.5. The van der Waals surface area contributed by atoms with E-state index in [1.54, 1.807) is 4.90 Å². The third kappa shape index (κ3) is 3.82. The molecule has 0 unspecified atom stereocenters. The maximum absolute atomic E-state index is 12.4. The zero-order valence-electron chi connectivity index (χ0n) is 14.7. The van der Waals surface area contributed by atoms with Gasteiger partial charge in [-0.2, -0.15) is 0 Å². The molecule has 2 amide bonds. The number of hydrogen-bond donors (Lipinski definition) is 2. The van der Waals surface area contributed by atoms with Crippen LogP contribution in [0.5, 0.6) is 0 Å². The molecule has 1 aromatic carbocycles. The summed E-state index contributed by atoms with van der Waals surface area (Å²) in [5, 5.41) is 2.91. The van der Waals surface area contributed by atoms with Crippen molar-refractivity contribution in [3.8, 4) is 0 Å². The molecule has 2 fully saturated rings. The van der Waals surface area contributed by atoms with Crippen LogP contribution in [0.2, 0.25) is 0 Å². The highest BCUT2D eigenvalue weighted by Gasteiger charge is 2.45. The van der Waals surface area contributed by atoms with Crippen molar-refractivity contribution in [2.24, 2.45) is 5.73 Å². The molecule has 2 aliphatic rings. The van der Waals surface area contributed by atoms with Gasteiger partial charge in [-0.15, -0.1) is 12.4 Å². The van der Waals surface area contributed by atoms with Crippen LogP contribution >= 0.6 is 12.4 Å². The molecule has 1 aliphatic carbocycles. The van der Waals surface area contributed by atoms with Crippen molar-refractivity contribution in [1.82, 2.24) is 10.2 Å². The van der Waals surface area contributed by atoms with E-state index in [-0.39, 0.29) is 35.8 Å². The van der Waals surface area contributed by atoms with Crippen molar-refractivity contribution in [1.29, 1.82) is 0 Å². The van der Waals surface area contributed by atoms with Crippen LogP contribution in [-0.2, 0) is 15.0 Å². The second-order valence-electron chi connectivity index (χ2n) is 7.13. The fraction of sp³-hybridized carbons (Fsp3) is 0.579. The Balaban J connectivity index is 0.00000225. The van der Waals surface area contributed by atoms with E-state index >= 15 is 0 Å². The molecule has 0 bridgehead atoms. The number of nitrogens with zero attached hydrogens (tertiary/aromatic N) is 1. The van der Waals surface area contributed by atoms with Crippen molar-refractivity contribution in [2.75, 3.05) is 13.1 Å². The normalized spacial score (nSPS) is 28.0. The maximum Gasteiger partial charge on any atom is 0.312 e. The third-order valence-corrected chi connectivity index (χ3v) is 5.69. The first-order valence-electron chi connectivity index (χ1n) is 8.96. The van der Waals surface area contributed by atoms with Crippen molar-refractivity contribution < 1.29 is 9.59 Å². The Morgan fingerprint density at radius 1 is 1.28 bits per heavy atom. The van der Waals surface area contributed by atoms with Crippen LogP contribution in [0.4, 0.5) is 0 Å². The van der Waals surface area contributed by atoms with Gasteiger partial charge in [0.2, 0.25) is 0 Å². The molecular weight excluding hydrogens is 338 g/mol. The van der Waals surface area contributed by atoms with Gasteiger partial charge in [0.25, 0.3) is 0 Å². The van der Waals surface area contributed by atoms with E-state index in [0.717, 1.165) is 32.1 Å². The van der Waals surface area contributed by atoms with E-state index in [0.29, 0.717) is 13.1 Å². The summed E-state index contributed by atoms with van der Waals surface area (Å²) in [6.07, 6.45) is 4.49. The number of rotatable bonds is 4. The lowest BCUT2D eigenvalue weighted by molar-refractivity contribution is -0.147. The Kier molecular flexibility index (Phi) is 6.47. The van der Waals surface area contributed by atoms with Crippen LogP contribution in [0.15, 0.2) is 30.3 Å². The van der Waals surface area contributed by atoms with E-state index < -0.39 is 5.91 Å². The van der Waals surface area contributed by atoms with E-state index in [1.807, 2.05) is 18.2 Å². The van der Waals surface area contributed by atoms with Crippen molar-refractivity contribution in [2.45, 2.75) is 56.5 Å².